The third-order valence-corrected chi connectivity index (χ3v) is 1.97. The minimum absolute atomic E-state index is 0.0608. The molecule has 0 radical (unpaired) electrons. The van der Waals surface area contributed by atoms with Gasteiger partial charge in [0.15, 0.2) is 5.75 Å². The second-order valence-electron chi connectivity index (χ2n) is 2.81. The van der Waals surface area contributed by atoms with Gasteiger partial charge in [0.2, 0.25) is 0 Å². The van der Waals surface area contributed by atoms with Crippen LogP contribution < -0.4 is 4.74 Å². The van der Waals surface area contributed by atoms with Gasteiger partial charge in [0, 0.05) is 5.56 Å². The van der Waals surface area contributed by atoms with E-state index >= 15 is 0 Å². The maximum atomic E-state index is 12.6. The molecule has 1 heterocycles. The summed E-state index contributed by atoms with van der Waals surface area (Å²) in [7, 11) is 1.30. The lowest BCUT2D eigenvalue weighted by Crippen LogP contribution is -2.03. The number of nitriles is 2. The molecular formula is C10H7F2N3O. The summed E-state index contributed by atoms with van der Waals surface area (Å²) in [5.74, 6) is 0.0946. The zero-order valence-electron chi connectivity index (χ0n) is 8.37. The Morgan fingerprint density at radius 1 is 1.50 bits per heavy atom. The normalized spacial score (nSPS) is 9.62. The Hall–Kier alpha value is -2.21. The molecule has 0 unspecified atom stereocenters. The third-order valence-electron chi connectivity index (χ3n) is 1.97. The zero-order valence-corrected chi connectivity index (χ0v) is 8.37. The number of ether oxygens (including phenoxy) is 1. The van der Waals surface area contributed by atoms with Crippen LogP contribution in [0.2, 0.25) is 0 Å². The summed E-state index contributed by atoms with van der Waals surface area (Å²) in [5, 5.41) is 17.4. The highest BCUT2D eigenvalue weighted by molar-refractivity contribution is 5.50. The first-order valence-corrected chi connectivity index (χ1v) is 4.26. The predicted octanol–water partition coefficient (Wildman–Crippen LogP) is 1.97. The monoisotopic (exact) mass is 223 g/mol. The summed E-state index contributed by atoms with van der Waals surface area (Å²) in [6.45, 7) is 0. The standard InChI is InChI=1S/C10H7F2N3O/c1-16-8-5-15-9(10(11)12)6(2-3-13)7(8)4-14/h5,10H,2H2,1H3. The van der Waals surface area contributed by atoms with Crippen molar-refractivity contribution in [2.75, 3.05) is 7.11 Å². The van der Waals surface area contributed by atoms with E-state index in [0.29, 0.717) is 0 Å². The van der Waals surface area contributed by atoms with Crippen molar-refractivity contribution in [2.24, 2.45) is 0 Å². The number of hydrogen-bond acceptors (Lipinski definition) is 4. The molecule has 1 aromatic heterocycles. The molecule has 1 rings (SSSR count). The van der Waals surface area contributed by atoms with Crippen LogP contribution in [0.3, 0.4) is 0 Å². The molecule has 0 fully saturated rings. The van der Waals surface area contributed by atoms with Gasteiger partial charge in [-0.05, 0) is 0 Å². The average molecular weight is 223 g/mol. The van der Waals surface area contributed by atoms with E-state index in [4.69, 9.17) is 15.3 Å². The summed E-state index contributed by atoms with van der Waals surface area (Å²) < 4.78 is 30.0. The summed E-state index contributed by atoms with van der Waals surface area (Å²) in [5.41, 5.74) is -0.674. The number of pyridine rings is 1. The lowest BCUT2D eigenvalue weighted by atomic mass is 10.0. The summed E-state index contributed by atoms with van der Waals surface area (Å²) in [6.07, 6.45) is -2.06. The van der Waals surface area contributed by atoms with Crippen LogP contribution in [0.1, 0.15) is 23.2 Å². The number of hydrogen-bond donors (Lipinski definition) is 0. The van der Waals surface area contributed by atoms with Crippen LogP contribution in [0.15, 0.2) is 6.20 Å². The molecular weight excluding hydrogens is 216 g/mol. The van der Waals surface area contributed by atoms with Gasteiger partial charge in [-0.1, -0.05) is 0 Å². The number of rotatable bonds is 3. The van der Waals surface area contributed by atoms with E-state index in [-0.39, 0.29) is 23.3 Å². The van der Waals surface area contributed by atoms with E-state index in [1.54, 1.807) is 12.1 Å². The first kappa shape index (κ1) is 11.9. The summed E-state index contributed by atoms with van der Waals surface area (Å²) in [6, 6.07) is 3.47. The summed E-state index contributed by atoms with van der Waals surface area (Å²) >= 11 is 0. The molecule has 6 heteroatoms. The van der Waals surface area contributed by atoms with E-state index in [1.807, 2.05) is 0 Å². The first-order valence-electron chi connectivity index (χ1n) is 4.26. The molecule has 0 bridgehead atoms. The first-order chi connectivity index (χ1) is 7.65. The maximum absolute atomic E-state index is 12.6. The van der Waals surface area contributed by atoms with Gasteiger partial charge in [0.05, 0.1) is 25.8 Å². The molecule has 16 heavy (non-hydrogen) atoms. The van der Waals surface area contributed by atoms with Crippen LogP contribution in [0, 0.1) is 22.7 Å². The third kappa shape index (κ3) is 2.06. The van der Waals surface area contributed by atoms with E-state index < -0.39 is 12.1 Å². The van der Waals surface area contributed by atoms with Crippen molar-refractivity contribution in [3.05, 3.63) is 23.0 Å². The van der Waals surface area contributed by atoms with E-state index in [9.17, 15) is 8.78 Å². The van der Waals surface area contributed by atoms with Crippen LogP contribution >= 0.6 is 0 Å². The Labute approximate surface area is 90.7 Å². The van der Waals surface area contributed by atoms with Gasteiger partial charge in [0.25, 0.3) is 6.43 Å². The fourth-order valence-electron chi connectivity index (χ4n) is 1.27. The van der Waals surface area contributed by atoms with Crippen LogP contribution in [0.4, 0.5) is 8.78 Å². The summed E-state index contributed by atoms with van der Waals surface area (Å²) in [4.78, 5) is 3.50. The molecule has 0 aromatic carbocycles. The van der Waals surface area contributed by atoms with Gasteiger partial charge in [0.1, 0.15) is 17.3 Å². The molecule has 0 N–H and O–H groups in total. The van der Waals surface area contributed by atoms with Crippen molar-refractivity contribution in [1.82, 2.24) is 4.98 Å². The predicted molar refractivity (Wildman–Crippen MR) is 49.8 cm³/mol. The van der Waals surface area contributed by atoms with Crippen molar-refractivity contribution in [3.8, 4) is 17.9 Å². The molecule has 0 aliphatic heterocycles. The maximum Gasteiger partial charge on any atom is 0.280 e. The highest BCUT2D eigenvalue weighted by Gasteiger charge is 2.21. The molecule has 0 saturated carbocycles. The van der Waals surface area contributed by atoms with Gasteiger partial charge in [-0.2, -0.15) is 10.5 Å². The van der Waals surface area contributed by atoms with E-state index in [2.05, 4.69) is 4.98 Å². The van der Waals surface area contributed by atoms with Crippen LogP contribution in [0.25, 0.3) is 0 Å². The van der Waals surface area contributed by atoms with Crippen LogP contribution in [-0.4, -0.2) is 12.1 Å². The molecule has 1 aromatic rings. The fraction of sp³-hybridized carbons (Fsp3) is 0.300. The van der Waals surface area contributed by atoms with E-state index in [0.717, 1.165) is 6.20 Å². The van der Waals surface area contributed by atoms with Crippen molar-refractivity contribution in [1.29, 1.82) is 10.5 Å². The highest BCUT2D eigenvalue weighted by atomic mass is 19.3. The van der Waals surface area contributed by atoms with Gasteiger partial charge in [-0.15, -0.1) is 0 Å². The minimum Gasteiger partial charge on any atom is -0.494 e. The Morgan fingerprint density at radius 3 is 2.62 bits per heavy atom. The van der Waals surface area contributed by atoms with Crippen molar-refractivity contribution in [2.45, 2.75) is 12.8 Å². The average Bonchev–Trinajstić information content (AvgIpc) is 2.28. The second-order valence-corrected chi connectivity index (χ2v) is 2.81. The Morgan fingerprint density at radius 2 is 2.19 bits per heavy atom. The Bertz CT molecular complexity index is 474. The number of alkyl halides is 2. The molecule has 4 nitrogen and oxygen atoms in total. The van der Waals surface area contributed by atoms with Gasteiger partial charge >= 0.3 is 0 Å². The minimum atomic E-state index is -2.82. The van der Waals surface area contributed by atoms with E-state index in [1.165, 1.54) is 7.11 Å². The fourth-order valence-corrected chi connectivity index (χ4v) is 1.27. The molecule has 0 aliphatic carbocycles. The number of nitrogens with zero attached hydrogens (tertiary/aromatic N) is 3. The number of halogens is 2. The van der Waals surface area contributed by atoms with Gasteiger partial charge in [-0.25, -0.2) is 8.78 Å². The SMILES string of the molecule is COc1cnc(C(F)F)c(CC#N)c1C#N. The zero-order chi connectivity index (χ0) is 12.1. The molecule has 0 aliphatic rings. The highest BCUT2D eigenvalue weighted by Crippen LogP contribution is 2.28. The van der Waals surface area contributed by atoms with Crippen molar-refractivity contribution in [3.63, 3.8) is 0 Å². The van der Waals surface area contributed by atoms with Gasteiger partial charge < -0.3 is 4.74 Å². The van der Waals surface area contributed by atoms with Crippen LogP contribution in [-0.2, 0) is 6.42 Å². The molecule has 0 saturated heterocycles. The van der Waals surface area contributed by atoms with Crippen LogP contribution in [0.5, 0.6) is 5.75 Å². The van der Waals surface area contributed by atoms with Crippen molar-refractivity contribution >= 4 is 0 Å². The smallest absolute Gasteiger partial charge is 0.280 e. The largest absolute Gasteiger partial charge is 0.494 e. The lowest BCUT2D eigenvalue weighted by Gasteiger charge is -2.10. The lowest BCUT2D eigenvalue weighted by molar-refractivity contribution is 0.145. The molecule has 0 spiro atoms. The molecule has 0 atom stereocenters. The Balaban J connectivity index is 3.46. The van der Waals surface area contributed by atoms with Gasteiger partial charge in [-0.3, -0.25) is 4.98 Å². The molecule has 82 valence electrons. The quantitative estimate of drug-likeness (QED) is 0.785. The second kappa shape index (κ2) is 5.04. The van der Waals surface area contributed by atoms with Crippen molar-refractivity contribution < 1.29 is 13.5 Å². The topological polar surface area (TPSA) is 69.7 Å². The molecule has 0 amide bonds. The number of aromatic nitrogens is 1. The Kier molecular flexibility index (Phi) is 3.73. The number of methoxy groups -OCH3 is 1.